The van der Waals surface area contributed by atoms with E-state index in [4.69, 9.17) is 15.4 Å². The van der Waals surface area contributed by atoms with Crippen molar-refractivity contribution in [1.82, 2.24) is 4.90 Å². The Hall–Kier alpha value is -1.27. The molecule has 0 aromatic heterocycles. The molecule has 0 N–H and O–H groups in total. The molecule has 124 valence electrons. The van der Waals surface area contributed by atoms with E-state index in [1.54, 1.807) is 0 Å². The summed E-state index contributed by atoms with van der Waals surface area (Å²) < 4.78 is 27.4. The van der Waals surface area contributed by atoms with Gasteiger partial charge in [-0.1, -0.05) is 51.1 Å². The molecule has 0 saturated heterocycles. The van der Waals surface area contributed by atoms with E-state index in [0.29, 0.717) is 6.54 Å². The zero-order valence-electron chi connectivity index (χ0n) is 13.1. The van der Waals surface area contributed by atoms with Crippen LogP contribution in [-0.4, -0.2) is 38.3 Å². The average molecular weight is 348 g/mol. The predicted molar refractivity (Wildman–Crippen MR) is 87.3 cm³/mol. The summed E-state index contributed by atoms with van der Waals surface area (Å²) in [5.74, 6) is -0.301. The Bertz CT molecular complexity index is 581. The molecule has 1 rings (SSSR count). The normalized spacial score (nSPS) is 12.0. The molecule has 0 unspecified atom stereocenters. The quantitative estimate of drug-likeness (QED) is 0.741. The highest BCUT2D eigenvalue weighted by Crippen LogP contribution is 2.16. The van der Waals surface area contributed by atoms with Gasteiger partial charge in [0.1, 0.15) is 6.61 Å². The second kappa shape index (κ2) is 7.83. The zero-order chi connectivity index (χ0) is 16.8. The maximum absolute atomic E-state index is 12.2. The minimum Gasteiger partial charge on any atom is -0.445 e. The van der Waals surface area contributed by atoms with Gasteiger partial charge >= 0.3 is 6.09 Å². The van der Waals surface area contributed by atoms with Crippen molar-refractivity contribution in [3.05, 3.63) is 35.9 Å². The number of hydrogen-bond acceptors (Lipinski definition) is 4. The molecule has 0 spiro atoms. The van der Waals surface area contributed by atoms with Gasteiger partial charge in [0.2, 0.25) is 9.05 Å². The third-order valence-electron chi connectivity index (χ3n) is 2.73. The number of benzene rings is 1. The van der Waals surface area contributed by atoms with Gasteiger partial charge in [-0.25, -0.2) is 13.2 Å². The fourth-order valence-corrected chi connectivity index (χ4v) is 2.48. The summed E-state index contributed by atoms with van der Waals surface area (Å²) in [7, 11) is 1.57. The first-order valence-electron chi connectivity index (χ1n) is 6.95. The summed E-state index contributed by atoms with van der Waals surface area (Å²) >= 11 is 0. The minimum absolute atomic E-state index is 0.0106. The van der Waals surface area contributed by atoms with Crippen LogP contribution in [0.2, 0.25) is 0 Å². The van der Waals surface area contributed by atoms with E-state index in [1.165, 1.54) is 4.90 Å². The van der Waals surface area contributed by atoms with Crippen LogP contribution in [0.5, 0.6) is 0 Å². The Labute approximate surface area is 136 Å². The molecule has 0 radical (unpaired) electrons. The molecule has 0 bridgehead atoms. The third kappa shape index (κ3) is 8.24. The molecule has 1 aromatic rings. The Kier molecular flexibility index (Phi) is 6.68. The van der Waals surface area contributed by atoms with E-state index in [-0.39, 0.29) is 24.3 Å². The molecule has 0 aliphatic carbocycles. The second-order valence-corrected chi connectivity index (χ2v) is 9.16. The highest BCUT2D eigenvalue weighted by Gasteiger charge is 2.23. The van der Waals surface area contributed by atoms with Gasteiger partial charge in [-0.3, -0.25) is 0 Å². The average Bonchev–Trinajstić information content (AvgIpc) is 2.40. The number of ether oxygens (including phenoxy) is 1. The first-order chi connectivity index (χ1) is 10.1. The largest absolute Gasteiger partial charge is 0.445 e. The van der Waals surface area contributed by atoms with Crippen molar-refractivity contribution in [3.8, 4) is 0 Å². The summed E-state index contributed by atoms with van der Waals surface area (Å²) in [5, 5.41) is 0. The van der Waals surface area contributed by atoms with Gasteiger partial charge in [0.05, 0.1) is 5.75 Å². The monoisotopic (exact) mass is 347 g/mol. The molecule has 0 fully saturated rings. The SMILES string of the molecule is CC(C)(C)CN(CCS(=O)(=O)Cl)C(=O)OCc1ccccc1. The van der Waals surface area contributed by atoms with Crippen molar-refractivity contribution < 1.29 is 17.9 Å². The number of halogens is 1. The molecule has 0 heterocycles. The van der Waals surface area contributed by atoms with Crippen LogP contribution in [-0.2, 0) is 20.4 Å². The Morgan fingerprint density at radius 2 is 1.82 bits per heavy atom. The van der Waals surface area contributed by atoms with Gasteiger partial charge in [0.15, 0.2) is 0 Å². The van der Waals surface area contributed by atoms with Crippen LogP contribution in [0.4, 0.5) is 4.79 Å². The van der Waals surface area contributed by atoms with Crippen molar-refractivity contribution >= 4 is 25.8 Å². The van der Waals surface area contributed by atoms with Gasteiger partial charge in [-0.2, -0.15) is 0 Å². The van der Waals surface area contributed by atoms with E-state index in [9.17, 15) is 13.2 Å². The summed E-state index contributed by atoms with van der Waals surface area (Å²) in [4.78, 5) is 13.6. The zero-order valence-corrected chi connectivity index (χ0v) is 14.7. The Balaban J connectivity index is 2.66. The van der Waals surface area contributed by atoms with E-state index < -0.39 is 15.1 Å². The van der Waals surface area contributed by atoms with E-state index >= 15 is 0 Å². The van der Waals surface area contributed by atoms with Crippen molar-refractivity contribution in [2.75, 3.05) is 18.8 Å². The van der Waals surface area contributed by atoms with Crippen molar-refractivity contribution in [2.24, 2.45) is 5.41 Å². The minimum atomic E-state index is -3.65. The summed E-state index contributed by atoms with van der Waals surface area (Å²) in [5.41, 5.74) is 0.693. The molecule has 1 aromatic carbocycles. The van der Waals surface area contributed by atoms with Gasteiger partial charge < -0.3 is 9.64 Å². The lowest BCUT2D eigenvalue weighted by Gasteiger charge is -2.29. The first kappa shape index (κ1) is 18.8. The predicted octanol–water partition coefficient (Wildman–Crippen LogP) is 3.24. The van der Waals surface area contributed by atoms with Crippen LogP contribution in [0.3, 0.4) is 0 Å². The number of carbonyl (C=O) groups is 1. The maximum Gasteiger partial charge on any atom is 0.410 e. The first-order valence-corrected chi connectivity index (χ1v) is 9.43. The molecule has 5 nitrogen and oxygen atoms in total. The van der Waals surface area contributed by atoms with Crippen LogP contribution in [0.25, 0.3) is 0 Å². The van der Waals surface area contributed by atoms with Crippen molar-refractivity contribution in [1.29, 1.82) is 0 Å². The fourth-order valence-electron chi connectivity index (χ4n) is 1.84. The summed E-state index contributed by atoms with van der Waals surface area (Å²) in [6, 6.07) is 9.30. The van der Waals surface area contributed by atoms with Crippen LogP contribution in [0.1, 0.15) is 26.3 Å². The molecule has 0 aliphatic rings. The second-order valence-electron chi connectivity index (χ2n) is 6.27. The van der Waals surface area contributed by atoms with E-state index in [0.717, 1.165) is 5.56 Å². The van der Waals surface area contributed by atoms with E-state index in [1.807, 2.05) is 51.1 Å². The van der Waals surface area contributed by atoms with Crippen molar-refractivity contribution in [3.63, 3.8) is 0 Å². The van der Waals surface area contributed by atoms with Crippen LogP contribution in [0.15, 0.2) is 30.3 Å². The molecule has 0 saturated carbocycles. The van der Waals surface area contributed by atoms with Crippen LogP contribution in [0, 0.1) is 5.41 Å². The van der Waals surface area contributed by atoms with Crippen LogP contribution < -0.4 is 0 Å². The molecule has 7 heteroatoms. The summed E-state index contributed by atoms with van der Waals surface area (Å²) in [6.07, 6.45) is -0.543. The Morgan fingerprint density at radius 3 is 2.32 bits per heavy atom. The number of nitrogens with zero attached hydrogens (tertiary/aromatic N) is 1. The fraction of sp³-hybridized carbons (Fsp3) is 0.533. The van der Waals surface area contributed by atoms with Crippen LogP contribution >= 0.6 is 10.7 Å². The highest BCUT2D eigenvalue weighted by molar-refractivity contribution is 8.13. The lowest BCUT2D eigenvalue weighted by Crippen LogP contribution is -2.40. The van der Waals surface area contributed by atoms with Gasteiger partial charge in [0.25, 0.3) is 0 Å². The molecular weight excluding hydrogens is 326 g/mol. The van der Waals surface area contributed by atoms with Crippen molar-refractivity contribution in [2.45, 2.75) is 27.4 Å². The molecule has 0 atom stereocenters. The number of hydrogen-bond donors (Lipinski definition) is 0. The molecular formula is C15H22ClNO4S. The van der Waals surface area contributed by atoms with Gasteiger partial charge in [-0.15, -0.1) is 0 Å². The highest BCUT2D eigenvalue weighted by atomic mass is 35.7. The summed E-state index contributed by atoms with van der Waals surface area (Å²) in [6.45, 7) is 6.41. The van der Waals surface area contributed by atoms with E-state index in [2.05, 4.69) is 0 Å². The standard InChI is InChI=1S/C15H22ClNO4S/c1-15(2,3)12-17(9-10-22(16,19)20)14(18)21-11-13-7-5-4-6-8-13/h4-8H,9-12H2,1-3H3. The topological polar surface area (TPSA) is 63.7 Å². The lowest BCUT2D eigenvalue weighted by molar-refractivity contribution is 0.0860. The third-order valence-corrected chi connectivity index (χ3v) is 3.87. The smallest absolute Gasteiger partial charge is 0.410 e. The number of rotatable bonds is 6. The molecule has 22 heavy (non-hydrogen) atoms. The van der Waals surface area contributed by atoms with Gasteiger partial charge in [-0.05, 0) is 11.0 Å². The molecule has 1 amide bonds. The van der Waals surface area contributed by atoms with Gasteiger partial charge in [0, 0.05) is 23.8 Å². The maximum atomic E-state index is 12.2. The molecule has 0 aliphatic heterocycles. The number of amides is 1. The number of carbonyl (C=O) groups excluding carboxylic acids is 1. The lowest BCUT2D eigenvalue weighted by atomic mass is 9.96. The Morgan fingerprint density at radius 1 is 1.23 bits per heavy atom.